The number of sulfonamides is 1. The van der Waals surface area contributed by atoms with Gasteiger partial charge in [-0.15, -0.1) is 18.1 Å². The molecule has 9 nitrogen and oxygen atoms in total. The second-order valence-electron chi connectivity index (χ2n) is 20.1. The molecule has 0 radical (unpaired) electrons. The van der Waals surface area contributed by atoms with E-state index in [0.717, 1.165) is 80.3 Å². The zero-order valence-corrected chi connectivity index (χ0v) is 43.8. The van der Waals surface area contributed by atoms with Crippen LogP contribution in [0.15, 0.2) is 121 Å². The van der Waals surface area contributed by atoms with Crippen LogP contribution in [0.3, 0.4) is 0 Å². The Bertz CT molecular complexity index is 2340. The number of phenols is 1. The van der Waals surface area contributed by atoms with Crippen molar-refractivity contribution < 1.29 is 27.4 Å². The smallest absolute Gasteiger partial charge is 0.229 e. The van der Waals surface area contributed by atoms with Crippen LogP contribution in [0.25, 0.3) is 0 Å². The van der Waals surface area contributed by atoms with E-state index < -0.39 is 18.3 Å². The maximum absolute atomic E-state index is 12.5. The average molecular weight is 950 g/mol. The van der Waals surface area contributed by atoms with Gasteiger partial charge < -0.3 is 24.3 Å². The molecule has 5 rings (SSSR count). The summed E-state index contributed by atoms with van der Waals surface area (Å²) in [6.07, 6.45) is 6.67. The van der Waals surface area contributed by atoms with Gasteiger partial charge in [0.2, 0.25) is 10.0 Å². The molecule has 5 aromatic carbocycles. The van der Waals surface area contributed by atoms with Crippen molar-refractivity contribution in [2.24, 2.45) is 0 Å². The van der Waals surface area contributed by atoms with Crippen molar-refractivity contribution in [2.75, 3.05) is 37.2 Å². The van der Waals surface area contributed by atoms with E-state index in [4.69, 9.17) is 13.9 Å². The Morgan fingerprint density at radius 2 is 1.37 bits per heavy atom. The normalized spacial score (nSPS) is 13.3. The maximum Gasteiger partial charge on any atom is 0.229 e. The maximum atomic E-state index is 12.5. The van der Waals surface area contributed by atoms with E-state index in [9.17, 15) is 13.5 Å². The van der Waals surface area contributed by atoms with Crippen molar-refractivity contribution >= 4 is 24.0 Å². The fourth-order valence-electron chi connectivity index (χ4n) is 8.28. The van der Waals surface area contributed by atoms with Crippen molar-refractivity contribution in [3.63, 3.8) is 0 Å². The van der Waals surface area contributed by atoms with Crippen molar-refractivity contribution in [3.05, 3.63) is 155 Å². The first-order valence-corrected chi connectivity index (χ1v) is 29.1. The highest BCUT2D eigenvalue weighted by Gasteiger charge is 2.29. The Kier molecular flexibility index (Phi) is 20.0. The van der Waals surface area contributed by atoms with Crippen LogP contribution in [0.5, 0.6) is 17.2 Å². The summed E-state index contributed by atoms with van der Waals surface area (Å²) in [5.74, 6) is 1.83. The third-order valence-electron chi connectivity index (χ3n) is 13.0. The predicted molar refractivity (Wildman–Crippen MR) is 281 cm³/mol. The van der Waals surface area contributed by atoms with Crippen molar-refractivity contribution in [1.29, 1.82) is 0 Å². The number of hydrogen-bond acceptors (Lipinski definition) is 8. The molecule has 3 N–H and O–H groups in total. The molecule has 0 aliphatic rings. The number of hydrogen-bond donors (Lipinski definition) is 3. The molecule has 0 heterocycles. The topological polar surface area (TPSA) is 109 Å². The summed E-state index contributed by atoms with van der Waals surface area (Å²) in [4.78, 5) is 2.53. The summed E-state index contributed by atoms with van der Waals surface area (Å²) in [5, 5.41) is 14.7. The lowest BCUT2D eigenvalue weighted by atomic mass is 9.86. The predicted octanol–water partition coefficient (Wildman–Crippen LogP) is 12.7. The highest BCUT2D eigenvalue weighted by molar-refractivity contribution is 7.92. The average Bonchev–Trinajstić information content (AvgIpc) is 3.27. The van der Waals surface area contributed by atoms with E-state index in [-0.39, 0.29) is 17.1 Å². The molecule has 0 unspecified atom stereocenters. The van der Waals surface area contributed by atoms with Crippen molar-refractivity contribution in [3.8, 4) is 17.2 Å². The minimum absolute atomic E-state index is 0.0173. The van der Waals surface area contributed by atoms with E-state index in [0.29, 0.717) is 49.0 Å². The molecule has 11 heteroatoms. The van der Waals surface area contributed by atoms with E-state index in [1.165, 1.54) is 16.7 Å². The molecule has 67 heavy (non-hydrogen) atoms. The SMILES string of the molecule is CC(C)N(CC[C@H](c1ccccc1)c1cc(CCCCCOc2ccc(CCNC[C@H](O[Si-](C)(C)C(C)(C)C)c3ccc(OCc4ccccc4)c(NS(C)(=O)=O)c3)cc2)ccc1O)C(C)C. The van der Waals surface area contributed by atoms with Gasteiger partial charge in [-0.3, -0.25) is 9.62 Å². The number of unbranched alkanes of at least 4 members (excludes halogenated alkanes) is 2. The first-order valence-electron chi connectivity index (χ1n) is 24.3. The number of anilines is 1. The van der Waals surface area contributed by atoms with Crippen LogP contribution >= 0.6 is 0 Å². The molecule has 0 spiro atoms. The van der Waals surface area contributed by atoms with E-state index in [1.54, 1.807) is 0 Å². The Labute approximate surface area is 404 Å². The second-order valence-corrected chi connectivity index (χ2v) is 26.6. The molecule has 0 saturated carbocycles. The lowest BCUT2D eigenvalue weighted by molar-refractivity contribution is 0.170. The summed E-state index contributed by atoms with van der Waals surface area (Å²) in [7, 11) is -5.79. The summed E-state index contributed by atoms with van der Waals surface area (Å²) in [6.45, 7) is 23.4. The van der Waals surface area contributed by atoms with Crippen LogP contribution in [-0.2, 0) is 33.9 Å². The molecule has 0 bridgehead atoms. The van der Waals surface area contributed by atoms with Gasteiger partial charge in [-0.05, 0) is 146 Å². The van der Waals surface area contributed by atoms with Crippen molar-refractivity contribution in [1.82, 2.24) is 10.2 Å². The van der Waals surface area contributed by atoms with Crippen LogP contribution in [0.2, 0.25) is 18.1 Å². The molecular weight excluding hydrogens is 871 g/mol. The van der Waals surface area contributed by atoms with Gasteiger partial charge in [0, 0.05) is 30.1 Å². The number of ether oxygens (including phenoxy) is 2. The monoisotopic (exact) mass is 950 g/mol. The Morgan fingerprint density at radius 1 is 0.716 bits per heavy atom. The van der Waals surface area contributed by atoms with Gasteiger partial charge in [-0.1, -0.05) is 112 Å². The molecule has 0 fully saturated rings. The number of aryl methyl sites for hydroxylation is 1. The molecule has 0 aliphatic carbocycles. The van der Waals surface area contributed by atoms with E-state index in [1.807, 2.05) is 54.6 Å². The van der Waals surface area contributed by atoms with E-state index >= 15 is 0 Å². The lowest BCUT2D eigenvalue weighted by Crippen LogP contribution is -2.43. The molecule has 0 saturated heterocycles. The minimum atomic E-state index is -3.57. The quantitative estimate of drug-likeness (QED) is 0.0353. The molecule has 365 valence electrons. The Balaban J connectivity index is 1.11. The number of nitrogens with zero attached hydrogens (tertiary/aromatic N) is 1. The standard InChI is InChI=1S/C56H79N3O6SSi/c1-42(2)59(43(3)4)36-34-50(47-23-17-12-18-24-47)51-38-45(27-31-53(51)60)20-16-13-19-37-63-49-29-25-44(26-30-49)33-35-57-40-55(65-67(9,10)56(5,6)7)48-28-32-54(52(39-48)58-66(8,61)62)64-41-46-21-14-11-15-22-46/h11-12,14-15,17-18,21-32,38-39,42-43,50,55,57-58,60H,13,16,19-20,33-37,40-41H2,1-10H3/q-1/t50-,55+/m1/s1. The fraction of sp³-hybridized carbons (Fsp3) is 0.464. The highest BCUT2D eigenvalue weighted by Crippen LogP contribution is 2.41. The zero-order chi connectivity index (χ0) is 48.6. The summed E-state index contributed by atoms with van der Waals surface area (Å²) in [6, 6.07) is 41.6. The molecule has 2 atom stereocenters. The second kappa shape index (κ2) is 25.1. The number of benzene rings is 5. The fourth-order valence-corrected chi connectivity index (χ4v) is 10.1. The number of phenolic OH excluding ortho intramolecular Hbond substituents is 1. The minimum Gasteiger partial charge on any atom is -0.558 e. The molecule has 5 aromatic rings. The van der Waals surface area contributed by atoms with E-state index in [2.05, 4.69) is 143 Å². The molecule has 0 amide bonds. The van der Waals surface area contributed by atoms with Gasteiger partial charge in [0.05, 0.1) is 24.7 Å². The Morgan fingerprint density at radius 3 is 2.01 bits per heavy atom. The van der Waals surface area contributed by atoms with Gasteiger partial charge in [0.25, 0.3) is 0 Å². The third-order valence-corrected chi connectivity index (χ3v) is 18.1. The highest BCUT2D eigenvalue weighted by atomic mass is 32.2. The number of aromatic hydroxyl groups is 1. The van der Waals surface area contributed by atoms with Crippen LogP contribution in [-0.4, -0.2) is 71.3 Å². The first kappa shape index (κ1) is 53.3. The van der Waals surface area contributed by atoms with Gasteiger partial charge >= 0.3 is 0 Å². The first-order chi connectivity index (χ1) is 31.8. The number of nitrogens with one attached hydrogen (secondary N) is 2. The summed E-state index contributed by atoms with van der Waals surface area (Å²) in [5.41, 5.74) is 7.00. The molecular formula is C56H79N3O6SSi-. The van der Waals surface area contributed by atoms with Crippen LogP contribution in [0, 0.1) is 0 Å². The Hall–Kier alpha value is -4.65. The number of rotatable bonds is 27. The largest absolute Gasteiger partial charge is 0.558 e. The lowest BCUT2D eigenvalue weighted by Gasteiger charge is -2.51. The van der Waals surface area contributed by atoms with Gasteiger partial charge in [0.15, 0.2) is 0 Å². The third kappa shape index (κ3) is 17.1. The summed E-state index contributed by atoms with van der Waals surface area (Å²) >= 11 is 0. The molecule has 0 aromatic heterocycles. The zero-order valence-electron chi connectivity index (χ0n) is 42.0. The van der Waals surface area contributed by atoms with Gasteiger partial charge in [0.1, 0.15) is 23.9 Å². The van der Waals surface area contributed by atoms with Crippen LogP contribution < -0.4 is 19.5 Å². The van der Waals surface area contributed by atoms with Gasteiger partial charge in [-0.25, -0.2) is 8.42 Å². The molecule has 0 aliphatic heterocycles. The van der Waals surface area contributed by atoms with Crippen molar-refractivity contribution in [2.45, 2.75) is 136 Å². The summed E-state index contributed by atoms with van der Waals surface area (Å²) < 4.78 is 46.9. The van der Waals surface area contributed by atoms with Crippen LogP contribution in [0.1, 0.15) is 120 Å². The van der Waals surface area contributed by atoms with Gasteiger partial charge in [-0.2, -0.15) is 0 Å². The van der Waals surface area contributed by atoms with Crippen LogP contribution in [0.4, 0.5) is 5.69 Å².